The molecule has 1 aromatic carbocycles. The van der Waals surface area contributed by atoms with Gasteiger partial charge in [-0.3, -0.25) is 9.59 Å². The molecule has 2 aromatic heterocycles. The van der Waals surface area contributed by atoms with Crippen molar-refractivity contribution in [1.82, 2.24) is 9.31 Å². The number of nitrogens with zero attached hydrogens (tertiary/aromatic N) is 3. The van der Waals surface area contributed by atoms with E-state index in [1.807, 2.05) is 17.5 Å². The quantitative estimate of drug-likeness (QED) is 0.602. The van der Waals surface area contributed by atoms with E-state index in [2.05, 4.69) is 5.10 Å². The van der Waals surface area contributed by atoms with Crippen LogP contribution in [-0.4, -0.2) is 41.8 Å². The van der Waals surface area contributed by atoms with Crippen LogP contribution in [0.25, 0.3) is 0 Å². The van der Waals surface area contributed by atoms with Gasteiger partial charge in [0.1, 0.15) is 18.3 Å². The summed E-state index contributed by atoms with van der Waals surface area (Å²) in [4.78, 5) is 27.0. The third-order valence-electron chi connectivity index (χ3n) is 5.27. The molecule has 0 saturated carbocycles. The monoisotopic (exact) mass is 455 g/mol. The molecule has 158 valence electrons. The van der Waals surface area contributed by atoms with Crippen molar-refractivity contribution in [3.63, 3.8) is 0 Å². The minimum Gasteiger partial charge on any atom is -0.467 e. The average Bonchev–Trinajstić information content (AvgIpc) is 3.51. The first kappa shape index (κ1) is 19.7. The lowest BCUT2D eigenvalue weighted by Crippen LogP contribution is -2.47. The van der Waals surface area contributed by atoms with Crippen LogP contribution in [0.4, 0.5) is 0 Å². The molecule has 2 amide bonds. The number of sulfonamides is 1. The SMILES string of the molecule is O=C(CN1C(=O)c2ccccc2CS1(=O)=O)N1N=C(c2cccs2)CC1c1ccco1. The predicted molar refractivity (Wildman–Crippen MR) is 114 cm³/mol. The van der Waals surface area contributed by atoms with Gasteiger partial charge >= 0.3 is 0 Å². The maximum atomic E-state index is 13.2. The summed E-state index contributed by atoms with van der Waals surface area (Å²) in [6.45, 7) is -0.617. The number of furan rings is 1. The van der Waals surface area contributed by atoms with E-state index in [9.17, 15) is 18.0 Å². The van der Waals surface area contributed by atoms with Crippen LogP contribution in [0.3, 0.4) is 0 Å². The minimum absolute atomic E-state index is 0.289. The molecule has 2 aliphatic heterocycles. The Morgan fingerprint density at radius 1 is 1.16 bits per heavy atom. The molecule has 1 unspecified atom stereocenters. The Balaban J connectivity index is 1.46. The van der Waals surface area contributed by atoms with Gasteiger partial charge in [-0.25, -0.2) is 17.7 Å². The normalized spacial score (nSPS) is 19.9. The Kier molecular flexibility index (Phi) is 4.75. The molecule has 8 nitrogen and oxygen atoms in total. The molecule has 4 heterocycles. The van der Waals surface area contributed by atoms with Gasteiger partial charge in [-0.05, 0) is 35.2 Å². The van der Waals surface area contributed by atoms with Gasteiger partial charge in [0, 0.05) is 12.0 Å². The number of benzene rings is 1. The molecule has 0 bridgehead atoms. The molecule has 0 spiro atoms. The van der Waals surface area contributed by atoms with Crippen molar-refractivity contribution in [1.29, 1.82) is 0 Å². The zero-order valence-corrected chi connectivity index (χ0v) is 17.8. The maximum absolute atomic E-state index is 13.2. The number of amides is 2. The number of thiophene rings is 1. The summed E-state index contributed by atoms with van der Waals surface area (Å²) in [7, 11) is -3.97. The summed E-state index contributed by atoms with van der Waals surface area (Å²) >= 11 is 1.50. The molecule has 0 fully saturated rings. The lowest BCUT2D eigenvalue weighted by Gasteiger charge is -2.29. The molecule has 3 aromatic rings. The van der Waals surface area contributed by atoms with Crippen molar-refractivity contribution in [3.8, 4) is 0 Å². The van der Waals surface area contributed by atoms with Gasteiger partial charge in [0.15, 0.2) is 0 Å². The number of rotatable bonds is 4. The summed E-state index contributed by atoms with van der Waals surface area (Å²) in [5.74, 6) is -1.08. The van der Waals surface area contributed by atoms with Crippen LogP contribution in [0, 0.1) is 0 Å². The van der Waals surface area contributed by atoms with Crippen LogP contribution in [0.15, 0.2) is 69.7 Å². The maximum Gasteiger partial charge on any atom is 0.268 e. The first-order valence-corrected chi connectivity index (χ1v) is 12.0. The lowest BCUT2D eigenvalue weighted by molar-refractivity contribution is -0.133. The highest BCUT2D eigenvalue weighted by atomic mass is 32.2. The molecule has 0 radical (unpaired) electrons. The Morgan fingerprint density at radius 2 is 2.00 bits per heavy atom. The molecule has 5 rings (SSSR count). The van der Waals surface area contributed by atoms with Crippen molar-refractivity contribution in [2.45, 2.75) is 18.2 Å². The van der Waals surface area contributed by atoms with Crippen LogP contribution < -0.4 is 0 Å². The van der Waals surface area contributed by atoms with E-state index in [0.717, 1.165) is 4.88 Å². The summed E-state index contributed by atoms with van der Waals surface area (Å²) < 4.78 is 31.6. The van der Waals surface area contributed by atoms with E-state index in [0.29, 0.717) is 27.8 Å². The number of hydrogen-bond donors (Lipinski definition) is 0. The number of carbonyl (C=O) groups is 2. The van der Waals surface area contributed by atoms with Gasteiger partial charge in [-0.2, -0.15) is 5.10 Å². The van der Waals surface area contributed by atoms with E-state index in [1.54, 1.807) is 36.4 Å². The van der Waals surface area contributed by atoms with Crippen molar-refractivity contribution in [3.05, 3.63) is 81.9 Å². The Labute approximate surface area is 182 Å². The van der Waals surface area contributed by atoms with Gasteiger partial charge in [-0.1, -0.05) is 24.3 Å². The van der Waals surface area contributed by atoms with E-state index in [1.165, 1.54) is 22.6 Å². The summed E-state index contributed by atoms with van der Waals surface area (Å²) in [6.07, 6.45) is 1.94. The van der Waals surface area contributed by atoms with Crippen LogP contribution >= 0.6 is 11.3 Å². The minimum atomic E-state index is -3.97. The fourth-order valence-corrected chi connectivity index (χ4v) is 5.97. The highest BCUT2D eigenvalue weighted by Gasteiger charge is 2.41. The summed E-state index contributed by atoms with van der Waals surface area (Å²) in [5.41, 5.74) is 1.43. The van der Waals surface area contributed by atoms with E-state index in [4.69, 9.17) is 4.42 Å². The lowest BCUT2D eigenvalue weighted by atomic mass is 10.1. The van der Waals surface area contributed by atoms with Crippen LogP contribution in [0.5, 0.6) is 0 Å². The van der Waals surface area contributed by atoms with E-state index < -0.39 is 34.4 Å². The predicted octanol–water partition coefficient (Wildman–Crippen LogP) is 3.00. The average molecular weight is 456 g/mol. The molecular formula is C21H17N3O5S2. The highest BCUT2D eigenvalue weighted by Crippen LogP contribution is 2.34. The topological polar surface area (TPSA) is 100 Å². The number of hydrazone groups is 1. The standard InChI is InChI=1S/C21H17N3O5S2/c25-20(12-23-21(26)15-6-2-1-5-14(15)13-31(23,27)28)24-17(18-7-3-9-29-18)11-16(22-24)19-8-4-10-30-19/h1-10,17H,11-13H2. The zero-order valence-electron chi connectivity index (χ0n) is 16.2. The Bertz CT molecular complexity index is 1280. The number of carbonyl (C=O) groups excluding carboxylic acids is 2. The van der Waals surface area contributed by atoms with Gasteiger partial charge < -0.3 is 4.42 Å². The van der Waals surface area contributed by atoms with Crippen molar-refractivity contribution < 1.29 is 22.4 Å². The molecule has 0 N–H and O–H groups in total. The van der Waals surface area contributed by atoms with Gasteiger partial charge in [0.2, 0.25) is 10.0 Å². The first-order chi connectivity index (χ1) is 14.9. The summed E-state index contributed by atoms with van der Waals surface area (Å²) in [6, 6.07) is 13.3. The third kappa shape index (κ3) is 3.47. The van der Waals surface area contributed by atoms with Gasteiger partial charge in [0.05, 0.1) is 22.6 Å². The molecule has 2 aliphatic rings. The van der Waals surface area contributed by atoms with E-state index >= 15 is 0 Å². The fourth-order valence-electron chi connectivity index (χ4n) is 3.79. The molecular weight excluding hydrogens is 438 g/mol. The smallest absolute Gasteiger partial charge is 0.268 e. The fraction of sp³-hybridized carbons (Fsp3) is 0.190. The second-order valence-electron chi connectivity index (χ2n) is 7.22. The Hall–Kier alpha value is -3.24. The second-order valence-corrected chi connectivity index (χ2v) is 10.1. The van der Waals surface area contributed by atoms with Crippen molar-refractivity contribution in [2.75, 3.05) is 6.54 Å². The summed E-state index contributed by atoms with van der Waals surface area (Å²) in [5, 5.41) is 7.62. The highest BCUT2D eigenvalue weighted by molar-refractivity contribution is 7.89. The number of hydrogen-bond acceptors (Lipinski definition) is 7. The zero-order chi connectivity index (χ0) is 21.6. The van der Waals surface area contributed by atoms with Crippen LogP contribution in [0.2, 0.25) is 0 Å². The largest absolute Gasteiger partial charge is 0.467 e. The third-order valence-corrected chi connectivity index (χ3v) is 7.83. The van der Waals surface area contributed by atoms with Crippen molar-refractivity contribution >= 4 is 38.9 Å². The first-order valence-electron chi connectivity index (χ1n) is 9.53. The Morgan fingerprint density at radius 3 is 2.74 bits per heavy atom. The molecule has 0 saturated heterocycles. The van der Waals surface area contributed by atoms with Gasteiger partial charge in [-0.15, -0.1) is 11.3 Å². The van der Waals surface area contributed by atoms with Crippen LogP contribution in [0.1, 0.15) is 39.0 Å². The number of fused-ring (bicyclic) bond motifs is 1. The molecule has 31 heavy (non-hydrogen) atoms. The second kappa shape index (κ2) is 7.47. The molecule has 0 aliphatic carbocycles. The van der Waals surface area contributed by atoms with E-state index in [-0.39, 0.29) is 11.3 Å². The van der Waals surface area contributed by atoms with Crippen LogP contribution in [-0.2, 0) is 20.6 Å². The molecule has 1 atom stereocenters. The van der Waals surface area contributed by atoms with Crippen molar-refractivity contribution in [2.24, 2.45) is 5.10 Å². The van der Waals surface area contributed by atoms with Gasteiger partial charge in [0.25, 0.3) is 11.8 Å². The molecule has 10 heteroatoms.